The van der Waals surface area contributed by atoms with E-state index in [0.717, 1.165) is 44.4 Å². The van der Waals surface area contributed by atoms with Crippen LogP contribution in [0.4, 0.5) is 0 Å². The van der Waals surface area contributed by atoms with Crippen molar-refractivity contribution < 1.29 is 0 Å². The van der Waals surface area contributed by atoms with Gasteiger partial charge in [0.25, 0.3) is 0 Å². The van der Waals surface area contributed by atoms with E-state index in [1.807, 2.05) is 18.2 Å². The van der Waals surface area contributed by atoms with Gasteiger partial charge in [-0.1, -0.05) is 71.7 Å². The van der Waals surface area contributed by atoms with Crippen molar-refractivity contribution in [3.63, 3.8) is 0 Å². The SMILES string of the molecule is Clc1[nH]cnc1-c1ccc(-c2ccc3cc(-c4nc[nH]c4Cl)ccc3c2)cc1. The molecule has 5 aromatic rings. The van der Waals surface area contributed by atoms with Crippen LogP contribution in [-0.4, -0.2) is 19.9 Å². The summed E-state index contributed by atoms with van der Waals surface area (Å²) in [5.74, 6) is 0. The van der Waals surface area contributed by atoms with E-state index in [9.17, 15) is 0 Å². The zero-order valence-electron chi connectivity index (χ0n) is 14.6. The van der Waals surface area contributed by atoms with E-state index in [-0.39, 0.29) is 0 Å². The van der Waals surface area contributed by atoms with Crippen LogP contribution in [0.2, 0.25) is 10.3 Å². The summed E-state index contributed by atoms with van der Waals surface area (Å²) in [4.78, 5) is 14.3. The Labute approximate surface area is 171 Å². The molecule has 0 aliphatic rings. The average molecular weight is 405 g/mol. The molecule has 0 saturated heterocycles. The molecule has 0 aliphatic carbocycles. The van der Waals surface area contributed by atoms with E-state index >= 15 is 0 Å². The number of aromatic nitrogens is 4. The molecular formula is C22H14Cl2N4. The van der Waals surface area contributed by atoms with Crippen molar-refractivity contribution in [2.24, 2.45) is 0 Å². The molecule has 136 valence electrons. The molecule has 0 amide bonds. The number of aromatic amines is 2. The fourth-order valence-corrected chi connectivity index (χ4v) is 3.77. The fraction of sp³-hybridized carbons (Fsp3) is 0. The van der Waals surface area contributed by atoms with Crippen LogP contribution in [0.25, 0.3) is 44.4 Å². The summed E-state index contributed by atoms with van der Waals surface area (Å²) in [5, 5.41) is 3.40. The van der Waals surface area contributed by atoms with E-state index in [1.54, 1.807) is 12.7 Å². The maximum Gasteiger partial charge on any atom is 0.134 e. The van der Waals surface area contributed by atoms with Crippen molar-refractivity contribution in [3.8, 4) is 33.6 Å². The molecule has 2 N–H and O–H groups in total. The number of benzene rings is 3. The molecule has 5 rings (SSSR count). The number of rotatable bonds is 3. The summed E-state index contributed by atoms with van der Waals surface area (Å²) in [6, 6.07) is 20.9. The zero-order chi connectivity index (χ0) is 19.1. The Hall–Kier alpha value is -3.08. The Morgan fingerprint density at radius 1 is 0.536 bits per heavy atom. The van der Waals surface area contributed by atoms with Crippen molar-refractivity contribution in [2.45, 2.75) is 0 Å². The van der Waals surface area contributed by atoms with Crippen LogP contribution >= 0.6 is 23.2 Å². The van der Waals surface area contributed by atoms with Gasteiger partial charge in [-0.05, 0) is 34.0 Å². The van der Waals surface area contributed by atoms with Gasteiger partial charge in [0, 0.05) is 11.1 Å². The topological polar surface area (TPSA) is 57.4 Å². The van der Waals surface area contributed by atoms with Crippen LogP contribution in [0, 0.1) is 0 Å². The van der Waals surface area contributed by atoms with Gasteiger partial charge in [0.2, 0.25) is 0 Å². The molecule has 0 spiro atoms. The van der Waals surface area contributed by atoms with Crippen LogP contribution in [0.5, 0.6) is 0 Å². The highest BCUT2D eigenvalue weighted by Crippen LogP contribution is 2.31. The van der Waals surface area contributed by atoms with Crippen LogP contribution in [0.15, 0.2) is 73.3 Å². The lowest BCUT2D eigenvalue weighted by atomic mass is 9.98. The largest absolute Gasteiger partial charge is 0.335 e. The number of hydrogen-bond donors (Lipinski definition) is 2. The van der Waals surface area contributed by atoms with Gasteiger partial charge in [-0.25, -0.2) is 9.97 Å². The van der Waals surface area contributed by atoms with Crippen LogP contribution < -0.4 is 0 Å². The van der Waals surface area contributed by atoms with Gasteiger partial charge in [-0.3, -0.25) is 0 Å². The number of hydrogen-bond acceptors (Lipinski definition) is 2. The molecule has 4 nitrogen and oxygen atoms in total. The lowest BCUT2D eigenvalue weighted by Gasteiger charge is -2.07. The Morgan fingerprint density at radius 2 is 1.00 bits per heavy atom. The molecule has 2 heterocycles. The second-order valence-electron chi connectivity index (χ2n) is 6.48. The van der Waals surface area contributed by atoms with Crippen molar-refractivity contribution in [2.75, 3.05) is 0 Å². The molecule has 2 aromatic heterocycles. The van der Waals surface area contributed by atoms with Crippen LogP contribution in [0.1, 0.15) is 0 Å². The second-order valence-corrected chi connectivity index (χ2v) is 7.24. The van der Waals surface area contributed by atoms with E-state index in [1.165, 1.54) is 0 Å². The highest BCUT2D eigenvalue weighted by molar-refractivity contribution is 6.32. The van der Waals surface area contributed by atoms with Crippen molar-refractivity contribution >= 4 is 34.0 Å². The summed E-state index contributed by atoms with van der Waals surface area (Å²) < 4.78 is 0. The second kappa shape index (κ2) is 6.82. The maximum atomic E-state index is 6.16. The number of nitrogens with zero attached hydrogens (tertiary/aromatic N) is 2. The maximum absolute atomic E-state index is 6.16. The molecule has 0 unspecified atom stereocenters. The van der Waals surface area contributed by atoms with Gasteiger partial charge in [0.15, 0.2) is 0 Å². The van der Waals surface area contributed by atoms with Crippen molar-refractivity contribution in [1.82, 2.24) is 19.9 Å². The molecule has 0 aliphatic heterocycles. The average Bonchev–Trinajstić information content (AvgIpc) is 3.35. The molecule has 3 aromatic carbocycles. The first kappa shape index (κ1) is 17.0. The third-order valence-corrected chi connectivity index (χ3v) is 5.37. The van der Waals surface area contributed by atoms with Gasteiger partial charge < -0.3 is 9.97 Å². The Kier molecular flexibility index (Phi) is 4.15. The number of fused-ring (bicyclic) bond motifs is 1. The predicted octanol–water partition coefficient (Wildman–Crippen LogP) is 6.59. The monoisotopic (exact) mass is 404 g/mol. The van der Waals surface area contributed by atoms with Crippen molar-refractivity contribution in [3.05, 3.63) is 83.6 Å². The first-order valence-electron chi connectivity index (χ1n) is 8.72. The normalized spacial score (nSPS) is 11.2. The minimum absolute atomic E-state index is 0.547. The number of imidazole rings is 2. The molecule has 0 radical (unpaired) electrons. The van der Waals surface area contributed by atoms with E-state index < -0.39 is 0 Å². The third kappa shape index (κ3) is 2.97. The highest BCUT2D eigenvalue weighted by Gasteiger charge is 2.09. The van der Waals surface area contributed by atoms with Crippen molar-refractivity contribution in [1.29, 1.82) is 0 Å². The molecule has 0 bridgehead atoms. The first-order chi connectivity index (χ1) is 13.7. The Morgan fingerprint density at radius 3 is 1.57 bits per heavy atom. The van der Waals surface area contributed by atoms with E-state index in [0.29, 0.717) is 10.3 Å². The lowest BCUT2D eigenvalue weighted by molar-refractivity contribution is 1.31. The van der Waals surface area contributed by atoms with Gasteiger partial charge >= 0.3 is 0 Å². The quantitative estimate of drug-likeness (QED) is 0.356. The van der Waals surface area contributed by atoms with Gasteiger partial charge in [-0.15, -0.1) is 0 Å². The minimum atomic E-state index is 0.547. The number of H-pyrrole nitrogens is 2. The van der Waals surface area contributed by atoms with Crippen LogP contribution in [0.3, 0.4) is 0 Å². The van der Waals surface area contributed by atoms with E-state index in [4.69, 9.17) is 23.2 Å². The zero-order valence-corrected chi connectivity index (χ0v) is 16.1. The fourth-order valence-electron chi connectivity index (χ4n) is 3.35. The summed E-state index contributed by atoms with van der Waals surface area (Å²) >= 11 is 12.3. The number of nitrogens with one attached hydrogen (secondary N) is 2. The molecule has 0 fully saturated rings. The summed E-state index contributed by atoms with van der Waals surface area (Å²) in [6.45, 7) is 0. The predicted molar refractivity (Wildman–Crippen MR) is 115 cm³/mol. The highest BCUT2D eigenvalue weighted by atomic mass is 35.5. The van der Waals surface area contributed by atoms with E-state index in [2.05, 4.69) is 62.4 Å². The molecule has 0 saturated carbocycles. The third-order valence-electron chi connectivity index (χ3n) is 4.79. The standard InChI is InChI=1S/C22H14Cl2N4/c23-21-19(25-11-27-21)14-3-1-13(2-4-14)15-5-6-17-10-18(8-7-16(17)9-15)20-22(24)28-12-26-20/h1-12H,(H,25,27)(H,26,28). The van der Waals surface area contributed by atoms with Gasteiger partial charge in [-0.2, -0.15) is 0 Å². The summed E-state index contributed by atoms with van der Waals surface area (Å²) in [5.41, 5.74) is 5.79. The molecule has 6 heteroatoms. The van der Waals surface area contributed by atoms with Gasteiger partial charge in [0.05, 0.1) is 12.7 Å². The molecule has 28 heavy (non-hydrogen) atoms. The Balaban J connectivity index is 1.50. The van der Waals surface area contributed by atoms with Gasteiger partial charge in [0.1, 0.15) is 21.7 Å². The minimum Gasteiger partial charge on any atom is -0.335 e. The first-order valence-corrected chi connectivity index (χ1v) is 9.47. The summed E-state index contributed by atoms with van der Waals surface area (Å²) in [6.07, 6.45) is 3.20. The summed E-state index contributed by atoms with van der Waals surface area (Å²) in [7, 11) is 0. The smallest absolute Gasteiger partial charge is 0.134 e. The van der Waals surface area contributed by atoms with Crippen LogP contribution in [-0.2, 0) is 0 Å². The Bertz CT molecular complexity index is 1290. The molecule has 0 atom stereocenters. The molecular weight excluding hydrogens is 391 g/mol. The lowest BCUT2D eigenvalue weighted by Crippen LogP contribution is -1.83. The number of halogens is 2.